The van der Waals surface area contributed by atoms with Crippen molar-refractivity contribution in [2.45, 2.75) is 0 Å². The molecule has 1 unspecified atom stereocenters. The van der Waals surface area contributed by atoms with Crippen LogP contribution in [0.3, 0.4) is 0 Å². The molecule has 98 valence electrons. The van der Waals surface area contributed by atoms with Gasteiger partial charge in [0, 0.05) is 18.7 Å². The van der Waals surface area contributed by atoms with Crippen molar-refractivity contribution >= 4 is 11.8 Å². The van der Waals surface area contributed by atoms with Crippen molar-refractivity contribution in [1.82, 2.24) is 4.90 Å². The Balaban J connectivity index is 1.92. The number of hydrogen-bond acceptors (Lipinski definition) is 4. The molecule has 2 amide bonds. The number of allylic oxidation sites excluding steroid dienone is 3. The van der Waals surface area contributed by atoms with Crippen molar-refractivity contribution in [1.29, 1.82) is 0 Å². The molecule has 0 spiro atoms. The van der Waals surface area contributed by atoms with Crippen LogP contribution in [0.15, 0.2) is 45.8 Å². The van der Waals surface area contributed by atoms with Gasteiger partial charge in [-0.2, -0.15) is 0 Å². The Morgan fingerprint density at radius 3 is 2.84 bits per heavy atom. The Morgan fingerprint density at radius 2 is 2.05 bits per heavy atom. The van der Waals surface area contributed by atoms with Crippen molar-refractivity contribution in [3.05, 3.63) is 35.6 Å². The number of carbonyl (C=O) groups is 2. The van der Waals surface area contributed by atoms with E-state index in [9.17, 15) is 9.59 Å². The van der Waals surface area contributed by atoms with E-state index in [0.717, 1.165) is 0 Å². The molecule has 3 aliphatic rings. The van der Waals surface area contributed by atoms with Crippen LogP contribution in [-0.2, 0) is 14.3 Å². The number of nitrogens with zero attached hydrogens (tertiary/aromatic N) is 3. The molecule has 0 aromatic rings. The van der Waals surface area contributed by atoms with Crippen LogP contribution in [0.4, 0.5) is 0 Å². The molecular formula is C13H13N3O3. The summed E-state index contributed by atoms with van der Waals surface area (Å²) >= 11 is 0. The van der Waals surface area contributed by atoms with Gasteiger partial charge in [0.05, 0.1) is 19.1 Å². The first-order valence-corrected chi connectivity index (χ1v) is 6.19. The van der Waals surface area contributed by atoms with E-state index in [1.807, 2.05) is 0 Å². The Kier molecular flexibility index (Phi) is 3.08. The number of rotatable bonds is 1. The SMILES string of the molecule is O=C1N=NC(C(=O)N2CCOCC2)=C2C=CC=CC12. The zero-order valence-corrected chi connectivity index (χ0v) is 10.3. The van der Waals surface area contributed by atoms with Gasteiger partial charge in [0.25, 0.3) is 11.8 Å². The van der Waals surface area contributed by atoms with E-state index in [1.165, 1.54) is 0 Å². The van der Waals surface area contributed by atoms with Crippen molar-refractivity contribution in [2.24, 2.45) is 16.1 Å². The first-order chi connectivity index (χ1) is 9.27. The van der Waals surface area contributed by atoms with Crippen molar-refractivity contribution in [3.63, 3.8) is 0 Å². The first-order valence-electron chi connectivity index (χ1n) is 6.19. The van der Waals surface area contributed by atoms with Crippen molar-refractivity contribution in [2.75, 3.05) is 26.3 Å². The summed E-state index contributed by atoms with van der Waals surface area (Å²) in [6, 6.07) is 0. The second-order valence-corrected chi connectivity index (χ2v) is 4.47. The molecular weight excluding hydrogens is 246 g/mol. The predicted molar refractivity (Wildman–Crippen MR) is 66.1 cm³/mol. The number of fused-ring (bicyclic) bond motifs is 1. The lowest BCUT2D eigenvalue weighted by molar-refractivity contribution is -0.131. The third kappa shape index (κ3) is 2.15. The lowest BCUT2D eigenvalue weighted by Crippen LogP contribution is -2.42. The molecule has 1 aliphatic carbocycles. The summed E-state index contributed by atoms with van der Waals surface area (Å²) in [6.07, 6.45) is 7.08. The van der Waals surface area contributed by atoms with Gasteiger partial charge >= 0.3 is 0 Å². The largest absolute Gasteiger partial charge is 0.378 e. The lowest BCUT2D eigenvalue weighted by Gasteiger charge is -2.28. The molecule has 3 rings (SSSR count). The molecule has 0 bridgehead atoms. The molecule has 6 heteroatoms. The molecule has 1 atom stereocenters. The van der Waals surface area contributed by atoms with E-state index in [1.54, 1.807) is 29.2 Å². The molecule has 0 radical (unpaired) electrons. The Bertz CT molecular complexity index is 539. The molecule has 19 heavy (non-hydrogen) atoms. The highest BCUT2D eigenvalue weighted by Crippen LogP contribution is 2.29. The Hall–Kier alpha value is -2.08. The molecule has 1 saturated heterocycles. The smallest absolute Gasteiger partial charge is 0.276 e. The molecule has 6 nitrogen and oxygen atoms in total. The van der Waals surface area contributed by atoms with E-state index in [0.29, 0.717) is 31.9 Å². The fraction of sp³-hybridized carbons (Fsp3) is 0.385. The maximum atomic E-state index is 12.4. The van der Waals surface area contributed by atoms with Gasteiger partial charge in [-0.3, -0.25) is 9.59 Å². The zero-order valence-electron chi connectivity index (χ0n) is 10.3. The molecule has 2 aliphatic heterocycles. The molecule has 0 aromatic carbocycles. The minimum absolute atomic E-state index is 0.181. The van der Waals surface area contributed by atoms with Gasteiger partial charge in [0.2, 0.25) is 0 Å². The van der Waals surface area contributed by atoms with E-state index in [4.69, 9.17) is 4.74 Å². The average Bonchev–Trinajstić information content (AvgIpc) is 2.48. The second-order valence-electron chi connectivity index (χ2n) is 4.47. The Morgan fingerprint density at radius 1 is 1.26 bits per heavy atom. The van der Waals surface area contributed by atoms with Gasteiger partial charge < -0.3 is 9.64 Å². The second kappa shape index (κ2) is 4.89. The van der Waals surface area contributed by atoms with Crippen LogP contribution in [0, 0.1) is 5.92 Å². The Labute approximate surface area is 110 Å². The molecule has 0 aromatic heterocycles. The number of hydrogen-bond donors (Lipinski definition) is 0. The van der Waals surface area contributed by atoms with Gasteiger partial charge in [0.15, 0.2) is 5.70 Å². The predicted octanol–water partition coefficient (Wildman–Crippen LogP) is 0.834. The number of morpholine rings is 1. The third-order valence-electron chi connectivity index (χ3n) is 3.31. The number of azo groups is 1. The summed E-state index contributed by atoms with van der Waals surface area (Å²) in [7, 11) is 0. The molecule has 0 N–H and O–H groups in total. The standard InChI is InChI=1S/C13H13N3O3/c17-12-10-4-2-1-3-9(10)11(14-15-12)13(18)16-5-7-19-8-6-16/h1-4,10H,5-8H2. The first kappa shape index (κ1) is 12.0. The summed E-state index contributed by atoms with van der Waals surface area (Å²) in [5.41, 5.74) is 0.908. The fourth-order valence-electron chi connectivity index (χ4n) is 2.29. The minimum atomic E-state index is -0.470. The van der Waals surface area contributed by atoms with Gasteiger partial charge in [0.1, 0.15) is 0 Å². The molecule has 0 saturated carbocycles. The van der Waals surface area contributed by atoms with Crippen LogP contribution >= 0.6 is 0 Å². The summed E-state index contributed by atoms with van der Waals surface area (Å²) in [5.74, 6) is -0.976. The normalized spacial score (nSPS) is 25.8. The number of ether oxygens (including phenoxy) is 1. The topological polar surface area (TPSA) is 71.3 Å². The van der Waals surface area contributed by atoms with Crippen LogP contribution in [0.5, 0.6) is 0 Å². The number of amides is 2. The van der Waals surface area contributed by atoms with Gasteiger partial charge in [-0.1, -0.05) is 24.3 Å². The monoisotopic (exact) mass is 259 g/mol. The van der Waals surface area contributed by atoms with E-state index >= 15 is 0 Å². The van der Waals surface area contributed by atoms with Crippen LogP contribution in [0.25, 0.3) is 0 Å². The quantitative estimate of drug-likeness (QED) is 0.700. The minimum Gasteiger partial charge on any atom is -0.378 e. The maximum absolute atomic E-state index is 12.4. The average molecular weight is 259 g/mol. The van der Waals surface area contributed by atoms with Crippen molar-refractivity contribution in [3.8, 4) is 0 Å². The highest BCUT2D eigenvalue weighted by Gasteiger charge is 2.32. The summed E-state index contributed by atoms with van der Waals surface area (Å²) in [6.45, 7) is 2.15. The van der Waals surface area contributed by atoms with Gasteiger partial charge in [-0.25, -0.2) is 0 Å². The lowest BCUT2D eigenvalue weighted by atomic mass is 9.91. The van der Waals surface area contributed by atoms with Crippen LogP contribution < -0.4 is 0 Å². The van der Waals surface area contributed by atoms with Crippen molar-refractivity contribution < 1.29 is 14.3 Å². The highest BCUT2D eigenvalue weighted by molar-refractivity contribution is 5.98. The maximum Gasteiger partial charge on any atom is 0.276 e. The van der Waals surface area contributed by atoms with Crippen LogP contribution in [0.2, 0.25) is 0 Å². The van der Waals surface area contributed by atoms with E-state index in [-0.39, 0.29) is 17.5 Å². The van der Waals surface area contributed by atoms with Gasteiger partial charge in [-0.15, -0.1) is 10.2 Å². The van der Waals surface area contributed by atoms with E-state index < -0.39 is 5.92 Å². The summed E-state index contributed by atoms with van der Waals surface area (Å²) in [4.78, 5) is 25.7. The third-order valence-corrected chi connectivity index (χ3v) is 3.31. The fourth-order valence-corrected chi connectivity index (χ4v) is 2.29. The zero-order chi connectivity index (χ0) is 13.2. The van der Waals surface area contributed by atoms with Crippen LogP contribution in [-0.4, -0.2) is 43.0 Å². The molecule has 1 fully saturated rings. The highest BCUT2D eigenvalue weighted by atomic mass is 16.5. The molecule has 2 heterocycles. The van der Waals surface area contributed by atoms with Gasteiger partial charge in [-0.05, 0) is 0 Å². The van der Waals surface area contributed by atoms with E-state index in [2.05, 4.69) is 10.2 Å². The number of carbonyl (C=O) groups excluding carboxylic acids is 2. The van der Waals surface area contributed by atoms with Crippen LogP contribution in [0.1, 0.15) is 0 Å². The summed E-state index contributed by atoms with van der Waals surface area (Å²) in [5, 5.41) is 7.38. The summed E-state index contributed by atoms with van der Waals surface area (Å²) < 4.78 is 5.22.